The Kier molecular flexibility index (Phi) is 5.73. The number of aromatic nitrogens is 1. The van der Waals surface area contributed by atoms with Crippen LogP contribution in [-0.4, -0.2) is 24.6 Å². The number of hydrogen-bond donors (Lipinski definition) is 2. The first-order valence-corrected chi connectivity index (χ1v) is 8.69. The Morgan fingerprint density at radius 3 is 2.85 bits per heavy atom. The summed E-state index contributed by atoms with van der Waals surface area (Å²) in [6, 6.07) is 11.9. The number of benzene rings is 1. The van der Waals surface area contributed by atoms with Gasteiger partial charge in [-0.1, -0.05) is 18.2 Å². The molecular formula is C20H24N4O2. The molecule has 0 bridgehead atoms. The molecule has 6 nitrogen and oxygen atoms in total. The molecule has 2 heterocycles. The van der Waals surface area contributed by atoms with Crippen LogP contribution in [0, 0.1) is 6.92 Å². The SMILES string of the molecule is CCNC(=NCc1ccnc(OC)c1)NCc1oc2ccccc2c1C. The number of pyridine rings is 1. The van der Waals surface area contributed by atoms with Crippen LogP contribution in [0.4, 0.5) is 0 Å². The molecule has 0 saturated carbocycles. The van der Waals surface area contributed by atoms with Gasteiger partial charge in [-0.25, -0.2) is 9.98 Å². The third kappa shape index (κ3) is 4.14. The number of hydrogen-bond acceptors (Lipinski definition) is 4. The average molecular weight is 352 g/mol. The summed E-state index contributed by atoms with van der Waals surface area (Å²) in [7, 11) is 1.61. The van der Waals surface area contributed by atoms with E-state index in [1.165, 1.54) is 0 Å². The van der Waals surface area contributed by atoms with E-state index in [9.17, 15) is 0 Å². The standard InChI is InChI=1S/C20H24N4O2/c1-4-21-20(23-12-15-9-10-22-19(11-15)25-3)24-13-18-14(2)16-7-5-6-8-17(16)26-18/h5-11H,4,12-13H2,1-3H3,(H2,21,23,24). The fraction of sp³-hybridized carbons (Fsp3) is 0.300. The predicted molar refractivity (Wildman–Crippen MR) is 103 cm³/mol. The van der Waals surface area contributed by atoms with Crippen molar-refractivity contribution in [2.45, 2.75) is 26.9 Å². The summed E-state index contributed by atoms with van der Waals surface area (Å²) >= 11 is 0. The fourth-order valence-electron chi connectivity index (χ4n) is 2.73. The van der Waals surface area contributed by atoms with E-state index in [4.69, 9.17) is 9.15 Å². The van der Waals surface area contributed by atoms with E-state index in [1.54, 1.807) is 13.3 Å². The number of aryl methyl sites for hydroxylation is 1. The first-order valence-electron chi connectivity index (χ1n) is 8.69. The second-order valence-corrected chi connectivity index (χ2v) is 5.90. The molecule has 0 saturated heterocycles. The van der Waals surface area contributed by atoms with Crippen LogP contribution in [0.1, 0.15) is 23.8 Å². The largest absolute Gasteiger partial charge is 0.481 e. The fourth-order valence-corrected chi connectivity index (χ4v) is 2.73. The van der Waals surface area contributed by atoms with Crippen molar-refractivity contribution < 1.29 is 9.15 Å². The molecule has 2 aromatic heterocycles. The minimum absolute atomic E-state index is 0.535. The van der Waals surface area contributed by atoms with E-state index in [-0.39, 0.29) is 0 Å². The summed E-state index contributed by atoms with van der Waals surface area (Å²) in [6.45, 7) is 6.01. The van der Waals surface area contributed by atoms with E-state index in [2.05, 4.69) is 33.6 Å². The number of rotatable bonds is 6. The van der Waals surface area contributed by atoms with Crippen LogP contribution in [0.15, 0.2) is 52.0 Å². The Labute approximate surface area is 153 Å². The highest BCUT2D eigenvalue weighted by Crippen LogP contribution is 2.24. The monoisotopic (exact) mass is 352 g/mol. The number of furan rings is 1. The molecule has 0 spiro atoms. The summed E-state index contributed by atoms with van der Waals surface area (Å²) < 4.78 is 11.1. The Morgan fingerprint density at radius 1 is 1.23 bits per heavy atom. The molecule has 26 heavy (non-hydrogen) atoms. The Balaban J connectivity index is 1.70. The molecule has 0 amide bonds. The van der Waals surface area contributed by atoms with Crippen molar-refractivity contribution in [1.82, 2.24) is 15.6 Å². The lowest BCUT2D eigenvalue weighted by molar-refractivity contribution is 0.397. The molecule has 3 aromatic rings. The first-order chi connectivity index (χ1) is 12.7. The van der Waals surface area contributed by atoms with Gasteiger partial charge in [0.2, 0.25) is 5.88 Å². The van der Waals surface area contributed by atoms with Crippen LogP contribution >= 0.6 is 0 Å². The van der Waals surface area contributed by atoms with Gasteiger partial charge in [0.25, 0.3) is 0 Å². The lowest BCUT2D eigenvalue weighted by Gasteiger charge is -2.10. The van der Waals surface area contributed by atoms with Crippen molar-refractivity contribution in [3.63, 3.8) is 0 Å². The highest BCUT2D eigenvalue weighted by molar-refractivity contribution is 5.83. The molecule has 0 aliphatic rings. The quantitative estimate of drug-likeness (QED) is 0.525. The van der Waals surface area contributed by atoms with Gasteiger partial charge in [0.1, 0.15) is 11.3 Å². The second kappa shape index (κ2) is 8.38. The van der Waals surface area contributed by atoms with Gasteiger partial charge in [0.15, 0.2) is 5.96 Å². The predicted octanol–water partition coefficient (Wildman–Crippen LogP) is 3.40. The van der Waals surface area contributed by atoms with Crippen molar-refractivity contribution >= 4 is 16.9 Å². The zero-order valence-corrected chi connectivity index (χ0v) is 15.4. The highest BCUT2D eigenvalue weighted by atomic mass is 16.5. The summed E-state index contributed by atoms with van der Waals surface area (Å²) in [5.74, 6) is 2.25. The minimum atomic E-state index is 0.535. The smallest absolute Gasteiger partial charge is 0.213 e. The molecule has 0 fully saturated rings. The number of fused-ring (bicyclic) bond motifs is 1. The summed E-state index contributed by atoms with van der Waals surface area (Å²) in [6.07, 6.45) is 1.72. The average Bonchev–Trinajstić information content (AvgIpc) is 3.00. The van der Waals surface area contributed by atoms with E-state index in [0.717, 1.165) is 40.4 Å². The molecular weight excluding hydrogens is 328 g/mol. The molecule has 0 unspecified atom stereocenters. The third-order valence-corrected chi connectivity index (χ3v) is 4.13. The van der Waals surface area contributed by atoms with Crippen molar-refractivity contribution in [3.8, 4) is 5.88 Å². The van der Waals surface area contributed by atoms with Crippen molar-refractivity contribution in [1.29, 1.82) is 0 Å². The topological polar surface area (TPSA) is 71.7 Å². The lowest BCUT2D eigenvalue weighted by atomic mass is 10.1. The number of para-hydroxylation sites is 1. The first kappa shape index (κ1) is 17.8. The lowest BCUT2D eigenvalue weighted by Crippen LogP contribution is -2.36. The molecule has 0 aliphatic heterocycles. The molecule has 0 radical (unpaired) electrons. The van der Waals surface area contributed by atoms with Crippen LogP contribution in [0.5, 0.6) is 5.88 Å². The number of methoxy groups -OCH3 is 1. The Hall–Kier alpha value is -3.02. The number of nitrogens with zero attached hydrogens (tertiary/aromatic N) is 2. The minimum Gasteiger partial charge on any atom is -0.481 e. The zero-order chi connectivity index (χ0) is 18.4. The van der Waals surface area contributed by atoms with Gasteiger partial charge in [-0.2, -0.15) is 0 Å². The maximum atomic E-state index is 5.95. The summed E-state index contributed by atoms with van der Waals surface area (Å²) in [5, 5.41) is 7.74. The Bertz CT molecular complexity index is 902. The van der Waals surface area contributed by atoms with Crippen LogP contribution in [0.3, 0.4) is 0 Å². The molecule has 6 heteroatoms. The molecule has 0 atom stereocenters. The van der Waals surface area contributed by atoms with Gasteiger partial charge in [-0.05, 0) is 31.5 Å². The normalized spacial score (nSPS) is 11.6. The third-order valence-electron chi connectivity index (χ3n) is 4.13. The van der Waals surface area contributed by atoms with E-state index in [0.29, 0.717) is 19.0 Å². The maximum Gasteiger partial charge on any atom is 0.213 e. The number of nitrogens with one attached hydrogen (secondary N) is 2. The zero-order valence-electron chi connectivity index (χ0n) is 15.4. The van der Waals surface area contributed by atoms with Crippen LogP contribution in [0.2, 0.25) is 0 Å². The molecule has 0 aliphatic carbocycles. The molecule has 2 N–H and O–H groups in total. The Morgan fingerprint density at radius 2 is 2.08 bits per heavy atom. The summed E-state index contributed by atoms with van der Waals surface area (Å²) in [4.78, 5) is 8.74. The van der Waals surface area contributed by atoms with Crippen LogP contribution in [-0.2, 0) is 13.1 Å². The van der Waals surface area contributed by atoms with Crippen LogP contribution < -0.4 is 15.4 Å². The number of aliphatic imine (C=N–C) groups is 1. The van der Waals surface area contributed by atoms with E-state index >= 15 is 0 Å². The van der Waals surface area contributed by atoms with Crippen molar-refractivity contribution in [2.24, 2.45) is 4.99 Å². The van der Waals surface area contributed by atoms with Gasteiger partial charge in [-0.3, -0.25) is 0 Å². The van der Waals surface area contributed by atoms with Gasteiger partial charge in [-0.15, -0.1) is 0 Å². The van der Waals surface area contributed by atoms with Crippen LogP contribution in [0.25, 0.3) is 11.0 Å². The van der Waals surface area contributed by atoms with Gasteiger partial charge in [0.05, 0.1) is 20.2 Å². The van der Waals surface area contributed by atoms with E-state index in [1.807, 2.05) is 37.3 Å². The van der Waals surface area contributed by atoms with Gasteiger partial charge in [0, 0.05) is 29.8 Å². The molecule has 136 valence electrons. The maximum absolute atomic E-state index is 5.95. The van der Waals surface area contributed by atoms with Gasteiger partial charge >= 0.3 is 0 Å². The molecule has 3 rings (SSSR count). The summed E-state index contributed by atoms with van der Waals surface area (Å²) in [5.41, 5.74) is 3.10. The van der Waals surface area contributed by atoms with E-state index < -0.39 is 0 Å². The van der Waals surface area contributed by atoms with Crippen molar-refractivity contribution in [3.05, 3.63) is 59.5 Å². The number of ether oxygens (including phenoxy) is 1. The highest BCUT2D eigenvalue weighted by Gasteiger charge is 2.10. The number of guanidine groups is 1. The van der Waals surface area contributed by atoms with Crippen molar-refractivity contribution in [2.75, 3.05) is 13.7 Å². The molecule has 1 aromatic carbocycles. The van der Waals surface area contributed by atoms with Gasteiger partial charge < -0.3 is 19.8 Å². The second-order valence-electron chi connectivity index (χ2n) is 5.90.